The Kier molecular flexibility index (Phi) is 8.29. The SMILES string of the molecule is CCCCOC(=O)CC[C@H](NC(=O)Cc1ccccc1)C(=O)c1nc2ccccc2s1. The van der Waals surface area contributed by atoms with Crippen LogP contribution in [0.3, 0.4) is 0 Å². The minimum atomic E-state index is -0.838. The van der Waals surface area contributed by atoms with Crippen LogP contribution in [-0.2, 0) is 20.7 Å². The van der Waals surface area contributed by atoms with Gasteiger partial charge in [0.05, 0.1) is 29.3 Å². The Bertz CT molecular complexity index is 999. The van der Waals surface area contributed by atoms with Crippen molar-refractivity contribution in [3.8, 4) is 0 Å². The highest BCUT2D eigenvalue weighted by Crippen LogP contribution is 2.23. The summed E-state index contributed by atoms with van der Waals surface area (Å²) in [6.07, 6.45) is 2.11. The molecule has 0 spiro atoms. The maximum Gasteiger partial charge on any atom is 0.305 e. The number of unbranched alkanes of at least 4 members (excludes halogenated alkanes) is 1. The van der Waals surface area contributed by atoms with Gasteiger partial charge in [0, 0.05) is 6.42 Å². The second-order valence-electron chi connectivity index (χ2n) is 7.25. The van der Waals surface area contributed by atoms with Gasteiger partial charge in [-0.25, -0.2) is 4.98 Å². The van der Waals surface area contributed by atoms with Crippen molar-refractivity contribution in [2.75, 3.05) is 6.61 Å². The van der Waals surface area contributed by atoms with E-state index in [1.807, 2.05) is 61.5 Å². The van der Waals surface area contributed by atoms with Gasteiger partial charge < -0.3 is 10.1 Å². The molecule has 0 saturated heterocycles. The van der Waals surface area contributed by atoms with Crippen LogP contribution < -0.4 is 5.32 Å². The van der Waals surface area contributed by atoms with Gasteiger partial charge in [-0.3, -0.25) is 14.4 Å². The molecule has 0 saturated carbocycles. The monoisotopic (exact) mass is 438 g/mol. The third-order valence-corrected chi connectivity index (χ3v) is 5.81. The van der Waals surface area contributed by atoms with Gasteiger partial charge in [-0.05, 0) is 30.5 Å². The third kappa shape index (κ3) is 6.72. The zero-order valence-electron chi connectivity index (χ0n) is 17.5. The molecule has 1 atom stereocenters. The average molecular weight is 439 g/mol. The van der Waals surface area contributed by atoms with Crippen LogP contribution in [0.25, 0.3) is 10.2 Å². The molecule has 1 N–H and O–H groups in total. The highest BCUT2D eigenvalue weighted by molar-refractivity contribution is 7.20. The van der Waals surface area contributed by atoms with Crippen LogP contribution in [0.1, 0.15) is 48.0 Å². The summed E-state index contributed by atoms with van der Waals surface area (Å²) in [4.78, 5) is 42.2. The molecule has 1 amide bonds. The maximum absolute atomic E-state index is 13.2. The molecule has 6 nitrogen and oxygen atoms in total. The molecular weight excluding hydrogens is 412 g/mol. The van der Waals surface area contributed by atoms with E-state index in [4.69, 9.17) is 4.74 Å². The molecule has 0 aliphatic heterocycles. The molecule has 0 aliphatic rings. The largest absolute Gasteiger partial charge is 0.466 e. The minimum absolute atomic E-state index is 0.0522. The molecule has 1 heterocycles. The summed E-state index contributed by atoms with van der Waals surface area (Å²) in [5.41, 5.74) is 1.59. The number of esters is 1. The Morgan fingerprint density at radius 1 is 1.06 bits per heavy atom. The Morgan fingerprint density at radius 2 is 1.81 bits per heavy atom. The number of hydrogen-bond acceptors (Lipinski definition) is 6. The summed E-state index contributed by atoms with van der Waals surface area (Å²) < 4.78 is 6.09. The molecule has 0 fully saturated rings. The van der Waals surface area contributed by atoms with Crippen LogP contribution in [0.4, 0.5) is 0 Å². The predicted octanol–water partition coefficient (Wildman–Crippen LogP) is 4.33. The number of ether oxygens (including phenoxy) is 1. The summed E-state index contributed by atoms with van der Waals surface area (Å²) in [6.45, 7) is 2.38. The number of rotatable bonds is 11. The second kappa shape index (κ2) is 11.4. The molecule has 0 aliphatic carbocycles. The number of hydrogen-bond donors (Lipinski definition) is 1. The smallest absolute Gasteiger partial charge is 0.305 e. The number of thiazole rings is 1. The first-order chi connectivity index (χ1) is 15.1. The Hall–Kier alpha value is -3.06. The van der Waals surface area contributed by atoms with Crippen molar-refractivity contribution in [1.29, 1.82) is 0 Å². The fourth-order valence-electron chi connectivity index (χ4n) is 3.09. The number of benzene rings is 2. The van der Waals surface area contributed by atoms with E-state index in [-0.39, 0.29) is 36.9 Å². The lowest BCUT2D eigenvalue weighted by Gasteiger charge is -2.16. The van der Waals surface area contributed by atoms with E-state index in [1.54, 1.807) is 0 Å². The predicted molar refractivity (Wildman–Crippen MR) is 121 cm³/mol. The Labute approximate surface area is 185 Å². The van der Waals surface area contributed by atoms with Crippen LogP contribution in [0, 0.1) is 0 Å². The summed E-state index contributed by atoms with van der Waals surface area (Å²) in [5, 5.41) is 3.13. The van der Waals surface area contributed by atoms with Crippen LogP contribution in [-0.4, -0.2) is 35.3 Å². The first kappa shape index (κ1) is 22.6. The summed E-state index contributed by atoms with van der Waals surface area (Å²) in [5.74, 6) is -0.929. The van der Waals surface area contributed by atoms with E-state index in [0.29, 0.717) is 11.6 Å². The van der Waals surface area contributed by atoms with Crippen molar-refractivity contribution in [3.05, 3.63) is 65.2 Å². The number of nitrogens with zero attached hydrogens (tertiary/aromatic N) is 1. The Balaban J connectivity index is 1.70. The molecule has 7 heteroatoms. The van der Waals surface area contributed by atoms with Gasteiger partial charge in [-0.2, -0.15) is 0 Å². The van der Waals surface area contributed by atoms with E-state index in [2.05, 4.69) is 10.3 Å². The van der Waals surface area contributed by atoms with E-state index < -0.39 is 6.04 Å². The molecular formula is C24H26N2O4S. The topological polar surface area (TPSA) is 85.4 Å². The number of fused-ring (bicyclic) bond motifs is 1. The number of carbonyl (C=O) groups excluding carboxylic acids is 3. The van der Waals surface area contributed by atoms with Crippen molar-refractivity contribution < 1.29 is 19.1 Å². The van der Waals surface area contributed by atoms with Crippen molar-refractivity contribution in [2.24, 2.45) is 0 Å². The van der Waals surface area contributed by atoms with Crippen LogP contribution in [0.5, 0.6) is 0 Å². The highest BCUT2D eigenvalue weighted by atomic mass is 32.1. The molecule has 3 rings (SSSR count). The first-order valence-corrected chi connectivity index (χ1v) is 11.3. The number of aromatic nitrogens is 1. The molecule has 3 aromatic rings. The van der Waals surface area contributed by atoms with E-state index in [9.17, 15) is 14.4 Å². The fraction of sp³-hybridized carbons (Fsp3) is 0.333. The van der Waals surface area contributed by atoms with Crippen molar-refractivity contribution in [2.45, 2.75) is 45.1 Å². The van der Waals surface area contributed by atoms with Gasteiger partial charge in [-0.15, -0.1) is 11.3 Å². The number of para-hydroxylation sites is 1. The lowest BCUT2D eigenvalue weighted by atomic mass is 10.1. The lowest BCUT2D eigenvalue weighted by molar-refractivity contribution is -0.144. The molecule has 2 aromatic carbocycles. The van der Waals surface area contributed by atoms with Gasteiger partial charge in [0.2, 0.25) is 11.7 Å². The van der Waals surface area contributed by atoms with E-state index >= 15 is 0 Å². The molecule has 162 valence electrons. The lowest BCUT2D eigenvalue weighted by Crippen LogP contribution is -2.42. The van der Waals surface area contributed by atoms with Crippen LogP contribution in [0.15, 0.2) is 54.6 Å². The van der Waals surface area contributed by atoms with Crippen LogP contribution >= 0.6 is 11.3 Å². The second-order valence-corrected chi connectivity index (χ2v) is 8.28. The molecule has 0 unspecified atom stereocenters. The van der Waals surface area contributed by atoms with Crippen molar-refractivity contribution in [3.63, 3.8) is 0 Å². The number of carbonyl (C=O) groups is 3. The fourth-order valence-corrected chi connectivity index (χ4v) is 4.05. The molecule has 0 bridgehead atoms. The van der Waals surface area contributed by atoms with Crippen molar-refractivity contribution >= 4 is 39.2 Å². The summed E-state index contributed by atoms with van der Waals surface area (Å²) in [6, 6.07) is 16.0. The number of amides is 1. The number of nitrogens with one attached hydrogen (secondary N) is 1. The molecule has 31 heavy (non-hydrogen) atoms. The zero-order chi connectivity index (χ0) is 22.1. The molecule has 0 radical (unpaired) electrons. The van der Waals surface area contributed by atoms with Gasteiger partial charge >= 0.3 is 5.97 Å². The maximum atomic E-state index is 13.2. The van der Waals surface area contributed by atoms with Gasteiger partial charge in [0.25, 0.3) is 0 Å². The van der Waals surface area contributed by atoms with Crippen molar-refractivity contribution in [1.82, 2.24) is 10.3 Å². The number of Topliss-reactive ketones (excluding diaryl/α,β-unsaturated/α-hetero) is 1. The zero-order valence-corrected chi connectivity index (χ0v) is 18.3. The quantitative estimate of drug-likeness (QED) is 0.274. The minimum Gasteiger partial charge on any atom is -0.466 e. The normalized spacial score (nSPS) is 11.8. The van der Waals surface area contributed by atoms with Gasteiger partial charge in [-0.1, -0.05) is 55.8 Å². The third-order valence-electron chi connectivity index (χ3n) is 4.76. The first-order valence-electron chi connectivity index (χ1n) is 10.5. The molecule has 1 aromatic heterocycles. The van der Waals surface area contributed by atoms with E-state index in [0.717, 1.165) is 28.6 Å². The Morgan fingerprint density at radius 3 is 2.55 bits per heavy atom. The average Bonchev–Trinajstić information content (AvgIpc) is 3.21. The highest BCUT2D eigenvalue weighted by Gasteiger charge is 2.26. The summed E-state index contributed by atoms with van der Waals surface area (Å²) >= 11 is 1.29. The van der Waals surface area contributed by atoms with E-state index in [1.165, 1.54) is 11.3 Å². The van der Waals surface area contributed by atoms with Gasteiger partial charge in [0.15, 0.2) is 5.01 Å². The number of ketones is 1. The van der Waals surface area contributed by atoms with Gasteiger partial charge in [0.1, 0.15) is 0 Å². The van der Waals surface area contributed by atoms with Crippen LogP contribution in [0.2, 0.25) is 0 Å². The standard InChI is InChI=1S/C24H26N2O4S/c1-2-3-15-30-22(28)14-13-19(25-21(27)16-17-9-5-4-6-10-17)23(29)24-26-18-11-7-8-12-20(18)31-24/h4-12,19H,2-3,13-16H2,1H3,(H,25,27)/t19-/m0/s1. The summed E-state index contributed by atoms with van der Waals surface area (Å²) in [7, 11) is 0.